The number of nitrogen functional groups attached to an aromatic ring is 1. The molecule has 5 heteroatoms. The summed E-state index contributed by atoms with van der Waals surface area (Å²) >= 11 is 3.79. The van der Waals surface area contributed by atoms with Crippen molar-refractivity contribution in [3.8, 4) is 0 Å². The van der Waals surface area contributed by atoms with Crippen LogP contribution in [0.25, 0.3) is 0 Å². The lowest BCUT2D eigenvalue weighted by Gasteiger charge is -2.20. The zero-order valence-corrected chi connectivity index (χ0v) is 12.9. The Morgan fingerprint density at radius 3 is 2.78 bits per heavy atom. The first-order chi connectivity index (χ1) is 8.61. The van der Waals surface area contributed by atoms with E-state index in [9.17, 15) is 4.79 Å². The van der Waals surface area contributed by atoms with Crippen molar-refractivity contribution < 1.29 is 4.79 Å². The normalized spacial score (nSPS) is 10.3. The van der Waals surface area contributed by atoms with E-state index in [1.807, 2.05) is 42.6 Å². The molecular formula is C13H13IN2OS. The molecule has 0 atom stereocenters. The molecule has 2 aromatic rings. The van der Waals surface area contributed by atoms with Crippen LogP contribution >= 0.6 is 33.9 Å². The summed E-state index contributed by atoms with van der Waals surface area (Å²) in [5.74, 6) is 0.0160. The number of benzene rings is 1. The minimum Gasteiger partial charge on any atom is -0.399 e. The highest BCUT2D eigenvalue weighted by Crippen LogP contribution is 2.23. The molecular weight excluding hydrogens is 359 g/mol. The molecule has 1 aromatic heterocycles. The second-order valence-electron chi connectivity index (χ2n) is 3.78. The number of rotatable bonds is 3. The quantitative estimate of drug-likeness (QED) is 0.661. The third kappa shape index (κ3) is 2.84. The SMILES string of the molecule is CCN(C(=O)c1csc(I)c1)c1cccc(N)c1. The van der Waals surface area contributed by atoms with Crippen molar-refractivity contribution in [3.05, 3.63) is 44.2 Å². The Balaban J connectivity index is 2.31. The molecule has 2 rings (SSSR count). The highest BCUT2D eigenvalue weighted by Gasteiger charge is 2.17. The third-order valence-electron chi connectivity index (χ3n) is 2.56. The molecule has 0 saturated carbocycles. The number of hydrogen-bond acceptors (Lipinski definition) is 3. The fourth-order valence-corrected chi connectivity index (χ4v) is 3.03. The highest BCUT2D eigenvalue weighted by molar-refractivity contribution is 14.1. The molecule has 0 unspecified atom stereocenters. The third-order valence-corrected chi connectivity index (χ3v) is 4.35. The monoisotopic (exact) mass is 372 g/mol. The number of thiophene rings is 1. The highest BCUT2D eigenvalue weighted by atomic mass is 127. The molecule has 1 amide bonds. The van der Waals surface area contributed by atoms with Crippen molar-refractivity contribution in [2.75, 3.05) is 17.2 Å². The summed E-state index contributed by atoms with van der Waals surface area (Å²) in [7, 11) is 0. The van der Waals surface area contributed by atoms with E-state index in [0.29, 0.717) is 12.2 Å². The largest absolute Gasteiger partial charge is 0.399 e. The fourth-order valence-electron chi connectivity index (χ4n) is 1.71. The number of nitrogens with zero attached hydrogens (tertiary/aromatic N) is 1. The number of anilines is 2. The van der Waals surface area contributed by atoms with Gasteiger partial charge in [0, 0.05) is 23.3 Å². The Labute approximate surface area is 124 Å². The smallest absolute Gasteiger partial charge is 0.259 e. The van der Waals surface area contributed by atoms with Gasteiger partial charge in [0.05, 0.1) is 8.45 Å². The molecule has 18 heavy (non-hydrogen) atoms. The lowest BCUT2D eigenvalue weighted by Crippen LogP contribution is -2.30. The first-order valence-corrected chi connectivity index (χ1v) is 7.49. The van der Waals surface area contributed by atoms with Gasteiger partial charge >= 0.3 is 0 Å². The summed E-state index contributed by atoms with van der Waals surface area (Å²) < 4.78 is 1.11. The second-order valence-corrected chi connectivity index (χ2v) is 6.59. The van der Waals surface area contributed by atoms with Crippen LogP contribution in [0, 0.1) is 2.88 Å². The molecule has 3 nitrogen and oxygen atoms in total. The van der Waals surface area contributed by atoms with Crippen molar-refractivity contribution in [1.29, 1.82) is 0 Å². The molecule has 94 valence electrons. The van der Waals surface area contributed by atoms with Gasteiger partial charge in [-0.2, -0.15) is 0 Å². The minimum absolute atomic E-state index is 0.0160. The lowest BCUT2D eigenvalue weighted by atomic mass is 10.2. The number of amides is 1. The summed E-state index contributed by atoms with van der Waals surface area (Å²) in [5.41, 5.74) is 7.99. The molecule has 0 spiro atoms. The summed E-state index contributed by atoms with van der Waals surface area (Å²) in [4.78, 5) is 14.1. The second kappa shape index (κ2) is 5.71. The standard InChI is InChI=1S/C13H13IN2OS/c1-2-16(11-5-3-4-10(15)7-11)13(17)9-6-12(14)18-8-9/h3-8H,2,15H2,1H3. The molecule has 0 aliphatic rings. The number of nitrogens with two attached hydrogens (primary N) is 1. The Bertz CT molecular complexity index is 568. The number of carbonyl (C=O) groups is 1. The van der Waals surface area contributed by atoms with E-state index in [2.05, 4.69) is 22.6 Å². The summed E-state index contributed by atoms with van der Waals surface area (Å²) in [6, 6.07) is 9.30. The zero-order valence-electron chi connectivity index (χ0n) is 9.89. The molecule has 1 heterocycles. The van der Waals surface area contributed by atoms with Crippen LogP contribution in [0.3, 0.4) is 0 Å². The van der Waals surface area contributed by atoms with Crippen molar-refractivity contribution in [1.82, 2.24) is 0 Å². The number of hydrogen-bond donors (Lipinski definition) is 1. The average Bonchev–Trinajstić information content (AvgIpc) is 2.77. The van der Waals surface area contributed by atoms with E-state index in [4.69, 9.17) is 5.73 Å². The van der Waals surface area contributed by atoms with Gasteiger partial charge in [0.2, 0.25) is 0 Å². The molecule has 1 aromatic carbocycles. The maximum Gasteiger partial charge on any atom is 0.259 e. The Morgan fingerprint density at radius 2 is 2.22 bits per heavy atom. The average molecular weight is 372 g/mol. The summed E-state index contributed by atoms with van der Waals surface area (Å²) in [5, 5.41) is 1.89. The first-order valence-electron chi connectivity index (χ1n) is 5.53. The van der Waals surface area contributed by atoms with Crippen LogP contribution in [0.4, 0.5) is 11.4 Å². The first kappa shape index (κ1) is 13.4. The predicted octanol–water partition coefficient (Wildman–Crippen LogP) is 3.60. The molecule has 2 N–H and O–H groups in total. The Morgan fingerprint density at radius 1 is 1.44 bits per heavy atom. The lowest BCUT2D eigenvalue weighted by molar-refractivity contribution is 0.0989. The van der Waals surface area contributed by atoms with E-state index < -0.39 is 0 Å². The van der Waals surface area contributed by atoms with Crippen molar-refractivity contribution in [3.63, 3.8) is 0 Å². The van der Waals surface area contributed by atoms with E-state index in [-0.39, 0.29) is 5.91 Å². The molecule has 0 fully saturated rings. The van der Waals surface area contributed by atoms with E-state index in [0.717, 1.165) is 14.1 Å². The molecule has 0 saturated heterocycles. The van der Waals surface area contributed by atoms with Gasteiger partial charge in [0.25, 0.3) is 5.91 Å². The maximum absolute atomic E-state index is 12.4. The Hall–Kier alpha value is -1.08. The van der Waals surface area contributed by atoms with Gasteiger partial charge in [-0.15, -0.1) is 11.3 Å². The van der Waals surface area contributed by atoms with Crippen LogP contribution in [-0.4, -0.2) is 12.5 Å². The molecule has 0 aliphatic carbocycles. The van der Waals surface area contributed by atoms with Crippen molar-refractivity contribution in [2.24, 2.45) is 0 Å². The van der Waals surface area contributed by atoms with Crippen LogP contribution in [0.5, 0.6) is 0 Å². The van der Waals surface area contributed by atoms with Gasteiger partial charge in [0.15, 0.2) is 0 Å². The van der Waals surface area contributed by atoms with Crippen molar-refractivity contribution >= 4 is 51.2 Å². The van der Waals surface area contributed by atoms with Gasteiger partial charge in [0.1, 0.15) is 0 Å². The van der Waals surface area contributed by atoms with E-state index >= 15 is 0 Å². The van der Waals surface area contributed by atoms with Crippen LogP contribution in [0.1, 0.15) is 17.3 Å². The van der Waals surface area contributed by atoms with Crippen LogP contribution in [-0.2, 0) is 0 Å². The zero-order chi connectivity index (χ0) is 13.1. The van der Waals surface area contributed by atoms with Gasteiger partial charge in [-0.25, -0.2) is 0 Å². The van der Waals surface area contributed by atoms with E-state index in [1.54, 1.807) is 16.2 Å². The Kier molecular flexibility index (Phi) is 4.23. The van der Waals surface area contributed by atoms with Crippen LogP contribution in [0.15, 0.2) is 35.7 Å². The number of halogens is 1. The summed E-state index contributed by atoms with van der Waals surface area (Å²) in [6.07, 6.45) is 0. The van der Waals surface area contributed by atoms with Crippen molar-refractivity contribution in [2.45, 2.75) is 6.92 Å². The van der Waals surface area contributed by atoms with Gasteiger partial charge in [-0.05, 0) is 53.8 Å². The predicted molar refractivity (Wildman–Crippen MR) is 85.2 cm³/mol. The maximum atomic E-state index is 12.4. The number of carbonyl (C=O) groups excluding carboxylic acids is 1. The van der Waals surface area contributed by atoms with Crippen LogP contribution in [0.2, 0.25) is 0 Å². The topological polar surface area (TPSA) is 46.3 Å². The minimum atomic E-state index is 0.0160. The molecule has 0 aliphatic heterocycles. The van der Waals surface area contributed by atoms with Gasteiger partial charge in [-0.1, -0.05) is 6.07 Å². The van der Waals surface area contributed by atoms with E-state index in [1.165, 1.54) is 0 Å². The van der Waals surface area contributed by atoms with Crippen LogP contribution < -0.4 is 10.6 Å². The molecule has 0 radical (unpaired) electrons. The fraction of sp³-hybridized carbons (Fsp3) is 0.154. The summed E-state index contributed by atoms with van der Waals surface area (Å²) in [6.45, 7) is 2.58. The van der Waals surface area contributed by atoms with Gasteiger partial charge in [-0.3, -0.25) is 4.79 Å². The molecule has 0 bridgehead atoms. The van der Waals surface area contributed by atoms with Gasteiger partial charge < -0.3 is 10.6 Å².